The number of imidazole rings is 1. The predicted molar refractivity (Wildman–Crippen MR) is 157 cm³/mol. The molecule has 2 saturated carbocycles. The van der Waals surface area contributed by atoms with Gasteiger partial charge < -0.3 is 14.2 Å². The number of anilines is 1. The van der Waals surface area contributed by atoms with Gasteiger partial charge in [-0.1, -0.05) is 31.9 Å². The van der Waals surface area contributed by atoms with E-state index in [2.05, 4.69) is 73.7 Å². The van der Waals surface area contributed by atoms with Crippen LogP contribution in [0.2, 0.25) is 0 Å². The largest absolute Gasteiger partial charge is 0.369 e. The highest BCUT2D eigenvalue weighted by molar-refractivity contribution is 5.83. The third-order valence-corrected chi connectivity index (χ3v) is 10.5. The minimum atomic E-state index is 0.554. The molecule has 0 unspecified atom stereocenters. The van der Waals surface area contributed by atoms with Crippen molar-refractivity contribution < 1.29 is 0 Å². The Labute approximate surface area is 232 Å². The van der Waals surface area contributed by atoms with Gasteiger partial charge in [0.1, 0.15) is 5.65 Å². The third-order valence-electron chi connectivity index (χ3n) is 10.5. The molecule has 5 aliphatic rings. The van der Waals surface area contributed by atoms with Crippen LogP contribution in [0.1, 0.15) is 80.2 Å². The van der Waals surface area contributed by atoms with E-state index in [0.29, 0.717) is 12.0 Å². The topological polar surface area (TPSA) is 39.9 Å². The Kier molecular flexibility index (Phi) is 5.45. The summed E-state index contributed by atoms with van der Waals surface area (Å²) in [6, 6.07) is 4.42. The monoisotopic (exact) mass is 520 g/mol. The molecule has 39 heavy (non-hydrogen) atoms. The summed E-state index contributed by atoms with van der Waals surface area (Å²) in [5, 5.41) is 0. The number of rotatable bonds is 5. The number of aromatic nitrogens is 3. The fourth-order valence-electron chi connectivity index (χ4n) is 7.78. The minimum Gasteiger partial charge on any atom is -0.369 e. The van der Waals surface area contributed by atoms with Crippen LogP contribution in [0.4, 0.5) is 5.69 Å². The van der Waals surface area contributed by atoms with E-state index in [4.69, 9.17) is 4.98 Å². The molecule has 0 bridgehead atoms. The SMILES string of the molecule is C=C1c2cncc(N3CC4(CCCCC4)C3)c2C=CN1Cc1cn2cc(CN3CCC4(CC3)CC4)ccc2n1. The highest BCUT2D eigenvalue weighted by Crippen LogP contribution is 2.53. The predicted octanol–water partition coefficient (Wildman–Crippen LogP) is 6.33. The molecular formula is C33H40N6. The zero-order chi connectivity index (χ0) is 26.0. The number of hydrogen-bond acceptors (Lipinski definition) is 5. The van der Waals surface area contributed by atoms with Gasteiger partial charge in [-0.25, -0.2) is 4.98 Å². The first kappa shape index (κ1) is 23.7. The molecular weight excluding hydrogens is 480 g/mol. The van der Waals surface area contributed by atoms with Crippen LogP contribution in [0.15, 0.2) is 49.7 Å². The van der Waals surface area contributed by atoms with Gasteiger partial charge in [0.15, 0.2) is 0 Å². The van der Waals surface area contributed by atoms with E-state index < -0.39 is 0 Å². The molecule has 6 heterocycles. The Morgan fingerprint density at radius 1 is 0.846 bits per heavy atom. The maximum atomic E-state index is 4.94. The maximum Gasteiger partial charge on any atom is 0.137 e. The Bertz CT molecular complexity index is 1440. The van der Waals surface area contributed by atoms with Crippen molar-refractivity contribution in [3.8, 4) is 0 Å². The quantitative estimate of drug-likeness (QED) is 0.393. The first-order valence-electron chi connectivity index (χ1n) is 15.1. The molecule has 0 radical (unpaired) electrons. The standard InChI is InChI=1S/C33H40N6/c1-25-29-17-34-18-30(39-23-33(24-39)8-3-2-4-9-33)28(29)7-14-37(25)21-27-22-38-20-26(5-6-31(38)35-27)19-36-15-12-32(10-11-32)13-16-36/h5-7,14,17-18,20,22H,1-4,8-13,15-16,19,21,23-24H2. The molecule has 0 N–H and O–H groups in total. The molecule has 2 saturated heterocycles. The van der Waals surface area contributed by atoms with Gasteiger partial charge in [-0.05, 0) is 74.7 Å². The summed E-state index contributed by atoms with van der Waals surface area (Å²) in [7, 11) is 0. The van der Waals surface area contributed by atoms with Gasteiger partial charge in [-0.3, -0.25) is 9.88 Å². The second kappa shape index (κ2) is 8.95. The fraction of sp³-hybridized carbons (Fsp3) is 0.515. The Morgan fingerprint density at radius 2 is 1.67 bits per heavy atom. The van der Waals surface area contributed by atoms with Crippen molar-refractivity contribution in [1.82, 2.24) is 24.2 Å². The van der Waals surface area contributed by atoms with Gasteiger partial charge in [-0.15, -0.1) is 0 Å². The maximum absolute atomic E-state index is 4.94. The van der Waals surface area contributed by atoms with E-state index in [9.17, 15) is 0 Å². The van der Waals surface area contributed by atoms with Crippen molar-refractivity contribution in [2.45, 2.75) is 70.9 Å². The van der Waals surface area contributed by atoms with Crippen molar-refractivity contribution in [3.05, 3.63) is 72.1 Å². The molecule has 3 aromatic rings. The van der Waals surface area contributed by atoms with Crippen molar-refractivity contribution in [2.75, 3.05) is 31.1 Å². The molecule has 4 fully saturated rings. The van der Waals surface area contributed by atoms with Crippen LogP contribution in [0.25, 0.3) is 17.4 Å². The lowest BCUT2D eigenvalue weighted by Crippen LogP contribution is -2.57. The number of hydrogen-bond donors (Lipinski definition) is 0. The van der Waals surface area contributed by atoms with Crippen LogP contribution in [0.5, 0.6) is 0 Å². The zero-order valence-corrected chi connectivity index (χ0v) is 23.1. The number of piperidine rings is 1. The summed E-state index contributed by atoms with van der Waals surface area (Å²) in [4.78, 5) is 17.0. The normalized spacial score (nSPS) is 23.4. The van der Waals surface area contributed by atoms with E-state index in [1.165, 1.54) is 101 Å². The van der Waals surface area contributed by atoms with Crippen molar-refractivity contribution in [3.63, 3.8) is 0 Å². The second-order valence-corrected chi connectivity index (χ2v) is 13.2. The number of nitrogens with zero attached hydrogens (tertiary/aromatic N) is 6. The van der Waals surface area contributed by atoms with Crippen LogP contribution in [-0.2, 0) is 13.1 Å². The first-order valence-corrected chi connectivity index (χ1v) is 15.1. The molecule has 3 aromatic heterocycles. The van der Waals surface area contributed by atoms with Gasteiger partial charge in [-0.2, -0.15) is 0 Å². The lowest BCUT2D eigenvalue weighted by atomic mass is 9.68. The fourth-order valence-corrected chi connectivity index (χ4v) is 7.78. The molecule has 0 atom stereocenters. The van der Waals surface area contributed by atoms with Crippen molar-refractivity contribution in [2.24, 2.45) is 10.8 Å². The number of likely N-dealkylation sites (tertiary alicyclic amines) is 1. The highest BCUT2D eigenvalue weighted by Gasteiger charge is 2.45. The van der Waals surface area contributed by atoms with Crippen LogP contribution in [0, 0.1) is 10.8 Å². The van der Waals surface area contributed by atoms with Gasteiger partial charge >= 0.3 is 0 Å². The molecule has 6 heteroatoms. The average molecular weight is 521 g/mol. The molecule has 202 valence electrons. The molecule has 2 aliphatic carbocycles. The van der Waals surface area contributed by atoms with Crippen LogP contribution in [0.3, 0.4) is 0 Å². The minimum absolute atomic E-state index is 0.554. The average Bonchev–Trinajstić information content (AvgIpc) is 3.58. The van der Waals surface area contributed by atoms with E-state index in [1.807, 2.05) is 6.20 Å². The summed E-state index contributed by atoms with van der Waals surface area (Å²) in [6.07, 6.45) is 25.6. The van der Waals surface area contributed by atoms with Crippen molar-refractivity contribution >= 4 is 23.1 Å². The van der Waals surface area contributed by atoms with E-state index in [1.54, 1.807) is 0 Å². The number of fused-ring (bicyclic) bond motifs is 2. The third kappa shape index (κ3) is 4.28. The van der Waals surface area contributed by atoms with Gasteiger partial charge in [0, 0.05) is 66.7 Å². The Morgan fingerprint density at radius 3 is 2.46 bits per heavy atom. The molecule has 2 spiro atoms. The van der Waals surface area contributed by atoms with E-state index in [0.717, 1.165) is 34.6 Å². The van der Waals surface area contributed by atoms with Crippen molar-refractivity contribution in [1.29, 1.82) is 0 Å². The second-order valence-electron chi connectivity index (χ2n) is 13.2. The summed E-state index contributed by atoms with van der Waals surface area (Å²) in [5.74, 6) is 0. The Hall–Kier alpha value is -3.12. The van der Waals surface area contributed by atoms with Gasteiger partial charge in [0.25, 0.3) is 0 Å². The highest BCUT2D eigenvalue weighted by atomic mass is 15.2. The smallest absolute Gasteiger partial charge is 0.137 e. The van der Waals surface area contributed by atoms with Crippen LogP contribution < -0.4 is 4.90 Å². The molecule has 6 nitrogen and oxygen atoms in total. The lowest BCUT2D eigenvalue weighted by Gasteiger charge is -2.54. The summed E-state index contributed by atoms with van der Waals surface area (Å²) < 4.78 is 2.20. The summed E-state index contributed by atoms with van der Waals surface area (Å²) in [6.45, 7) is 11.1. The molecule has 0 amide bonds. The van der Waals surface area contributed by atoms with Crippen LogP contribution >= 0.6 is 0 Å². The van der Waals surface area contributed by atoms with Gasteiger partial charge in [0.2, 0.25) is 0 Å². The lowest BCUT2D eigenvalue weighted by molar-refractivity contribution is 0.139. The van der Waals surface area contributed by atoms with E-state index in [-0.39, 0.29) is 0 Å². The first-order chi connectivity index (χ1) is 19.1. The molecule has 3 aliphatic heterocycles. The Balaban J connectivity index is 0.954. The number of pyridine rings is 2. The van der Waals surface area contributed by atoms with Gasteiger partial charge in [0.05, 0.1) is 24.1 Å². The van der Waals surface area contributed by atoms with Crippen LogP contribution in [-0.4, -0.2) is 50.3 Å². The van der Waals surface area contributed by atoms with E-state index >= 15 is 0 Å². The molecule has 8 rings (SSSR count). The summed E-state index contributed by atoms with van der Waals surface area (Å²) in [5.41, 5.74) is 9.40. The summed E-state index contributed by atoms with van der Waals surface area (Å²) >= 11 is 0. The molecule has 0 aromatic carbocycles. The zero-order valence-electron chi connectivity index (χ0n) is 23.1.